The Morgan fingerprint density at radius 2 is 2.00 bits per heavy atom. The van der Waals surface area contributed by atoms with E-state index in [1.54, 1.807) is 0 Å². The van der Waals surface area contributed by atoms with Gasteiger partial charge in [-0.25, -0.2) is 0 Å². The van der Waals surface area contributed by atoms with Gasteiger partial charge in [0.05, 0.1) is 0 Å². The maximum Gasteiger partial charge on any atom is 0.261 e. The molecule has 2 heterocycles. The number of rotatable bonds is 5. The van der Waals surface area contributed by atoms with E-state index in [4.69, 9.17) is 4.74 Å². The second kappa shape index (κ2) is 6.69. The minimum Gasteiger partial charge on any atom is -0.480 e. The van der Waals surface area contributed by atoms with Crippen molar-refractivity contribution >= 4 is 5.91 Å². The van der Waals surface area contributed by atoms with Crippen LogP contribution in [0.5, 0.6) is 5.75 Å². The summed E-state index contributed by atoms with van der Waals surface area (Å²) in [6, 6.07) is 9.31. The summed E-state index contributed by atoms with van der Waals surface area (Å²) in [7, 11) is 0. The fourth-order valence-electron chi connectivity index (χ4n) is 3.63. The lowest BCUT2D eigenvalue weighted by atomic mass is 9.99. The highest BCUT2D eigenvalue weighted by molar-refractivity contribution is 5.81. The highest BCUT2D eigenvalue weighted by Gasteiger charge is 2.35. The summed E-state index contributed by atoms with van der Waals surface area (Å²) in [6.45, 7) is 4.00. The van der Waals surface area contributed by atoms with Crippen LogP contribution < -0.4 is 15.4 Å². The van der Waals surface area contributed by atoms with E-state index in [2.05, 4.69) is 10.6 Å². The zero-order valence-corrected chi connectivity index (χ0v) is 13.5. The van der Waals surface area contributed by atoms with Crippen molar-refractivity contribution < 1.29 is 9.53 Å². The number of hydrogen-bond donors (Lipinski definition) is 2. The fraction of sp³-hybridized carbons (Fsp3) is 0.611. The first-order valence-corrected chi connectivity index (χ1v) is 8.44. The number of carbonyl (C=O) groups excluding carboxylic acids is 1. The first-order valence-electron chi connectivity index (χ1n) is 8.44. The van der Waals surface area contributed by atoms with Crippen LogP contribution in [0, 0.1) is 6.92 Å². The van der Waals surface area contributed by atoms with E-state index >= 15 is 0 Å². The molecule has 3 unspecified atom stereocenters. The zero-order chi connectivity index (χ0) is 15.5. The van der Waals surface area contributed by atoms with Crippen molar-refractivity contribution in [2.24, 2.45) is 0 Å². The van der Waals surface area contributed by atoms with E-state index in [0.29, 0.717) is 24.5 Å². The van der Waals surface area contributed by atoms with Gasteiger partial charge in [0.25, 0.3) is 5.91 Å². The Labute approximate surface area is 132 Å². The Bertz CT molecular complexity index is 520. The van der Waals surface area contributed by atoms with Gasteiger partial charge in [-0.05, 0) is 50.7 Å². The first kappa shape index (κ1) is 15.3. The van der Waals surface area contributed by atoms with Crippen LogP contribution in [0.15, 0.2) is 24.3 Å². The topological polar surface area (TPSA) is 50.4 Å². The van der Waals surface area contributed by atoms with Crippen LogP contribution in [0.2, 0.25) is 0 Å². The number of piperidine rings is 1. The van der Waals surface area contributed by atoms with Gasteiger partial charge in [0.2, 0.25) is 0 Å². The molecule has 0 radical (unpaired) electrons. The molecule has 1 aromatic carbocycles. The van der Waals surface area contributed by atoms with Crippen LogP contribution in [0.1, 0.15) is 44.6 Å². The summed E-state index contributed by atoms with van der Waals surface area (Å²) >= 11 is 0. The lowest BCUT2D eigenvalue weighted by molar-refractivity contribution is -0.129. The highest BCUT2D eigenvalue weighted by atomic mass is 16.5. The molecule has 0 spiro atoms. The summed E-state index contributed by atoms with van der Waals surface area (Å²) in [4.78, 5) is 12.5. The molecule has 120 valence electrons. The van der Waals surface area contributed by atoms with Gasteiger partial charge >= 0.3 is 0 Å². The second-order valence-corrected chi connectivity index (χ2v) is 6.60. The van der Waals surface area contributed by atoms with E-state index in [1.807, 2.05) is 38.1 Å². The highest BCUT2D eigenvalue weighted by Crippen LogP contribution is 2.27. The van der Waals surface area contributed by atoms with Gasteiger partial charge in [0.1, 0.15) is 5.75 Å². The van der Waals surface area contributed by atoms with Gasteiger partial charge in [0.15, 0.2) is 6.10 Å². The van der Waals surface area contributed by atoms with Gasteiger partial charge in [0, 0.05) is 18.1 Å². The molecule has 0 aliphatic carbocycles. The molecule has 1 amide bonds. The second-order valence-electron chi connectivity index (χ2n) is 6.60. The van der Waals surface area contributed by atoms with Gasteiger partial charge in [-0.2, -0.15) is 0 Å². The van der Waals surface area contributed by atoms with Crippen molar-refractivity contribution in [2.45, 2.75) is 70.2 Å². The third-order valence-corrected chi connectivity index (χ3v) is 4.85. The molecule has 3 atom stereocenters. The Kier molecular flexibility index (Phi) is 4.67. The van der Waals surface area contributed by atoms with Gasteiger partial charge in [-0.3, -0.25) is 4.79 Å². The van der Waals surface area contributed by atoms with Crippen LogP contribution in [-0.4, -0.2) is 30.1 Å². The molecule has 2 fully saturated rings. The molecular weight excluding hydrogens is 276 g/mol. The number of nitrogens with one attached hydrogen (secondary N) is 2. The molecule has 2 aliphatic heterocycles. The molecule has 2 saturated heterocycles. The minimum absolute atomic E-state index is 0.0250. The number of benzene rings is 1. The van der Waals surface area contributed by atoms with Crippen molar-refractivity contribution in [3.63, 3.8) is 0 Å². The number of hydrogen-bond acceptors (Lipinski definition) is 3. The first-order chi connectivity index (χ1) is 10.7. The van der Waals surface area contributed by atoms with Crippen LogP contribution in [-0.2, 0) is 4.79 Å². The van der Waals surface area contributed by atoms with E-state index in [0.717, 1.165) is 24.2 Å². The number of fused-ring (bicyclic) bond motifs is 2. The van der Waals surface area contributed by atoms with Gasteiger partial charge < -0.3 is 15.4 Å². The Hall–Kier alpha value is -1.55. The molecule has 3 rings (SSSR count). The van der Waals surface area contributed by atoms with Crippen LogP contribution in [0.3, 0.4) is 0 Å². The third-order valence-electron chi connectivity index (χ3n) is 4.85. The lowest BCUT2D eigenvalue weighted by Crippen LogP contribution is -2.51. The standard InChI is InChI=1S/C18H26N2O2/c1-3-16(22-17-7-5-4-6-12(17)2)18(21)20-15-10-13-8-9-14(11-15)19-13/h4-7,13-16,19H,3,8-11H2,1-2H3,(H,20,21). The average Bonchev–Trinajstić information content (AvgIpc) is 2.85. The van der Waals surface area contributed by atoms with Crippen molar-refractivity contribution in [2.75, 3.05) is 0 Å². The zero-order valence-electron chi connectivity index (χ0n) is 13.5. The Morgan fingerprint density at radius 1 is 1.32 bits per heavy atom. The number of amides is 1. The lowest BCUT2D eigenvalue weighted by Gasteiger charge is -2.31. The Balaban J connectivity index is 1.58. The van der Waals surface area contributed by atoms with E-state index in [9.17, 15) is 4.79 Å². The van der Waals surface area contributed by atoms with Crippen LogP contribution in [0.4, 0.5) is 0 Å². The van der Waals surface area contributed by atoms with Crippen LogP contribution in [0.25, 0.3) is 0 Å². The number of para-hydroxylation sites is 1. The number of carbonyl (C=O) groups is 1. The minimum atomic E-state index is -0.409. The molecule has 2 bridgehead atoms. The maximum absolute atomic E-state index is 12.5. The van der Waals surface area contributed by atoms with Crippen molar-refractivity contribution in [1.29, 1.82) is 0 Å². The molecule has 0 saturated carbocycles. The largest absolute Gasteiger partial charge is 0.480 e. The van der Waals surface area contributed by atoms with Crippen molar-refractivity contribution in [1.82, 2.24) is 10.6 Å². The van der Waals surface area contributed by atoms with Crippen molar-refractivity contribution in [3.8, 4) is 5.75 Å². The SMILES string of the molecule is CCC(Oc1ccccc1C)C(=O)NC1CC2CCC(C1)N2. The molecule has 4 nitrogen and oxygen atoms in total. The monoisotopic (exact) mass is 302 g/mol. The molecule has 2 N–H and O–H groups in total. The molecule has 1 aromatic rings. The summed E-state index contributed by atoms with van der Waals surface area (Å²) in [5.41, 5.74) is 1.06. The quantitative estimate of drug-likeness (QED) is 0.879. The van der Waals surface area contributed by atoms with Crippen molar-refractivity contribution in [3.05, 3.63) is 29.8 Å². The molecule has 4 heteroatoms. The predicted octanol–water partition coefficient (Wildman–Crippen LogP) is 2.55. The summed E-state index contributed by atoms with van der Waals surface area (Å²) in [6.07, 6.45) is 4.85. The molecule has 2 aliphatic rings. The molecule has 0 aromatic heterocycles. The fourth-order valence-corrected chi connectivity index (χ4v) is 3.63. The van der Waals surface area contributed by atoms with Gasteiger partial charge in [-0.15, -0.1) is 0 Å². The summed E-state index contributed by atoms with van der Waals surface area (Å²) < 4.78 is 5.94. The number of aryl methyl sites for hydroxylation is 1. The maximum atomic E-state index is 12.5. The van der Waals surface area contributed by atoms with Gasteiger partial charge in [-0.1, -0.05) is 25.1 Å². The smallest absolute Gasteiger partial charge is 0.261 e. The van der Waals surface area contributed by atoms with E-state index in [-0.39, 0.29) is 5.91 Å². The predicted molar refractivity (Wildman–Crippen MR) is 87.0 cm³/mol. The third kappa shape index (κ3) is 3.43. The number of ether oxygens (including phenoxy) is 1. The summed E-state index contributed by atoms with van der Waals surface area (Å²) in [5.74, 6) is 0.826. The van der Waals surface area contributed by atoms with Crippen LogP contribution >= 0.6 is 0 Å². The van der Waals surface area contributed by atoms with E-state index in [1.165, 1.54) is 12.8 Å². The average molecular weight is 302 g/mol. The Morgan fingerprint density at radius 3 is 2.64 bits per heavy atom. The summed E-state index contributed by atoms with van der Waals surface area (Å²) in [5, 5.41) is 6.81. The molecule has 22 heavy (non-hydrogen) atoms. The normalized spacial score (nSPS) is 28.2. The van der Waals surface area contributed by atoms with E-state index < -0.39 is 6.10 Å². The molecular formula is C18H26N2O2.